The van der Waals surface area contributed by atoms with Crippen molar-refractivity contribution in [2.45, 2.75) is 25.4 Å². The van der Waals surface area contributed by atoms with Gasteiger partial charge in [0.15, 0.2) is 5.76 Å². The zero-order valence-electron chi connectivity index (χ0n) is 11.9. The van der Waals surface area contributed by atoms with Crippen LogP contribution in [-0.4, -0.2) is 42.5 Å². The van der Waals surface area contributed by atoms with Crippen LogP contribution in [0.1, 0.15) is 29.8 Å². The summed E-state index contributed by atoms with van der Waals surface area (Å²) in [6.07, 6.45) is -2.55. The van der Waals surface area contributed by atoms with Gasteiger partial charge in [-0.25, -0.2) is 0 Å². The third kappa shape index (κ3) is 4.25. The highest BCUT2D eigenvalue weighted by molar-refractivity contribution is 5.91. The molecule has 1 saturated heterocycles. The molecule has 0 spiro atoms. The maximum absolute atomic E-state index is 12.7. The van der Waals surface area contributed by atoms with Crippen molar-refractivity contribution in [3.05, 3.63) is 24.2 Å². The summed E-state index contributed by atoms with van der Waals surface area (Å²) in [5.41, 5.74) is 0. The van der Waals surface area contributed by atoms with Gasteiger partial charge >= 0.3 is 6.18 Å². The minimum Gasteiger partial charge on any atom is -0.459 e. The number of alkyl halides is 3. The van der Waals surface area contributed by atoms with Gasteiger partial charge in [0, 0.05) is 26.1 Å². The Morgan fingerprint density at radius 1 is 1.41 bits per heavy atom. The molecule has 1 unspecified atom stereocenters. The van der Waals surface area contributed by atoms with Crippen LogP contribution in [0.15, 0.2) is 22.8 Å². The lowest BCUT2D eigenvalue weighted by Crippen LogP contribution is -2.45. The minimum absolute atomic E-state index is 0.0307. The average molecular weight is 318 g/mol. The SMILES string of the molecule is O=C(NCCC(=O)N1CCCC(C(F)(F)F)C1)c1ccco1. The fourth-order valence-electron chi connectivity index (χ4n) is 2.41. The van der Waals surface area contributed by atoms with E-state index in [0.717, 1.165) is 0 Å². The lowest BCUT2D eigenvalue weighted by Gasteiger charge is -2.33. The highest BCUT2D eigenvalue weighted by atomic mass is 19.4. The Morgan fingerprint density at radius 3 is 2.82 bits per heavy atom. The summed E-state index contributed by atoms with van der Waals surface area (Å²) >= 11 is 0. The largest absolute Gasteiger partial charge is 0.459 e. The number of piperidine rings is 1. The van der Waals surface area contributed by atoms with Gasteiger partial charge in [-0.1, -0.05) is 0 Å². The number of nitrogens with zero attached hydrogens (tertiary/aromatic N) is 1. The minimum atomic E-state index is -4.27. The van der Waals surface area contributed by atoms with Gasteiger partial charge in [0.25, 0.3) is 5.91 Å². The fourth-order valence-corrected chi connectivity index (χ4v) is 2.41. The molecule has 2 heterocycles. The van der Waals surface area contributed by atoms with Gasteiger partial charge < -0.3 is 14.6 Å². The monoisotopic (exact) mass is 318 g/mol. The summed E-state index contributed by atoms with van der Waals surface area (Å²) in [4.78, 5) is 24.7. The zero-order chi connectivity index (χ0) is 16.2. The van der Waals surface area contributed by atoms with Gasteiger partial charge in [-0.2, -0.15) is 13.2 Å². The van der Waals surface area contributed by atoms with E-state index in [4.69, 9.17) is 4.42 Å². The van der Waals surface area contributed by atoms with E-state index in [9.17, 15) is 22.8 Å². The number of rotatable bonds is 4. The molecule has 5 nitrogen and oxygen atoms in total. The van der Waals surface area contributed by atoms with E-state index in [1.54, 1.807) is 6.07 Å². The molecule has 22 heavy (non-hydrogen) atoms. The van der Waals surface area contributed by atoms with Gasteiger partial charge in [0.2, 0.25) is 5.91 Å². The lowest BCUT2D eigenvalue weighted by molar-refractivity contribution is -0.188. The van der Waals surface area contributed by atoms with Crippen LogP contribution < -0.4 is 5.32 Å². The standard InChI is InChI=1S/C14H17F3N2O3/c15-14(16,17)10-3-1-7-19(9-10)12(20)5-6-18-13(21)11-4-2-8-22-11/h2,4,8,10H,1,3,5-7,9H2,(H,18,21). The molecule has 122 valence electrons. The molecule has 1 N–H and O–H groups in total. The molecule has 0 aliphatic carbocycles. The zero-order valence-corrected chi connectivity index (χ0v) is 11.9. The summed E-state index contributed by atoms with van der Waals surface area (Å²) < 4.78 is 43.0. The smallest absolute Gasteiger partial charge is 0.393 e. The topological polar surface area (TPSA) is 62.6 Å². The molecule has 1 atom stereocenters. The summed E-state index contributed by atoms with van der Waals surface area (Å²) in [5.74, 6) is -2.16. The van der Waals surface area contributed by atoms with Crippen LogP contribution in [0.5, 0.6) is 0 Å². The molecule has 2 amide bonds. The Hall–Kier alpha value is -1.99. The Balaban J connectivity index is 1.76. The molecular formula is C14H17F3N2O3. The van der Waals surface area contributed by atoms with E-state index in [-0.39, 0.29) is 37.6 Å². The quantitative estimate of drug-likeness (QED) is 0.926. The highest BCUT2D eigenvalue weighted by Crippen LogP contribution is 2.33. The number of halogens is 3. The molecule has 1 fully saturated rings. The Bertz CT molecular complexity index is 514. The summed E-state index contributed by atoms with van der Waals surface area (Å²) in [6, 6.07) is 3.04. The van der Waals surface area contributed by atoms with Crippen LogP contribution >= 0.6 is 0 Å². The number of hydrogen-bond donors (Lipinski definition) is 1. The van der Waals surface area contributed by atoms with Crippen LogP contribution in [0.25, 0.3) is 0 Å². The average Bonchev–Trinajstić information content (AvgIpc) is 3.00. The maximum atomic E-state index is 12.7. The van der Waals surface area contributed by atoms with Gasteiger partial charge in [-0.05, 0) is 25.0 Å². The number of likely N-dealkylation sites (tertiary alicyclic amines) is 1. The first-order valence-corrected chi connectivity index (χ1v) is 7.04. The number of amides is 2. The first-order chi connectivity index (χ1) is 10.4. The molecule has 0 radical (unpaired) electrons. The van der Waals surface area contributed by atoms with Crippen LogP contribution in [0, 0.1) is 5.92 Å². The molecule has 0 aromatic carbocycles. The highest BCUT2D eigenvalue weighted by Gasteiger charge is 2.42. The molecule has 1 aromatic rings. The Labute approximate surface area is 125 Å². The van der Waals surface area contributed by atoms with Crippen molar-refractivity contribution < 1.29 is 27.2 Å². The molecule has 2 rings (SSSR count). The van der Waals surface area contributed by atoms with Gasteiger partial charge in [0.05, 0.1) is 12.2 Å². The van der Waals surface area contributed by atoms with E-state index in [1.807, 2.05) is 0 Å². The molecular weight excluding hydrogens is 301 g/mol. The van der Waals surface area contributed by atoms with E-state index >= 15 is 0 Å². The number of nitrogens with one attached hydrogen (secondary N) is 1. The van der Waals surface area contributed by atoms with Crippen molar-refractivity contribution >= 4 is 11.8 Å². The second-order valence-electron chi connectivity index (χ2n) is 5.20. The Morgan fingerprint density at radius 2 is 2.18 bits per heavy atom. The first-order valence-electron chi connectivity index (χ1n) is 7.04. The molecule has 1 aromatic heterocycles. The van der Waals surface area contributed by atoms with Crippen molar-refractivity contribution in [1.82, 2.24) is 10.2 Å². The molecule has 1 aliphatic heterocycles. The third-order valence-electron chi connectivity index (χ3n) is 3.61. The van der Waals surface area contributed by atoms with E-state index in [2.05, 4.69) is 5.32 Å². The Kier molecular flexibility index (Phi) is 5.10. The molecule has 1 aliphatic rings. The van der Waals surface area contributed by atoms with Gasteiger partial charge in [0.1, 0.15) is 0 Å². The number of furan rings is 1. The fraction of sp³-hybridized carbons (Fsp3) is 0.571. The summed E-state index contributed by atoms with van der Waals surface area (Å²) in [5, 5.41) is 2.49. The normalized spacial score (nSPS) is 19.0. The lowest BCUT2D eigenvalue weighted by atomic mass is 9.97. The number of hydrogen-bond acceptors (Lipinski definition) is 3. The summed E-state index contributed by atoms with van der Waals surface area (Å²) in [6.45, 7) is 0.0948. The molecule has 8 heteroatoms. The molecule has 0 saturated carbocycles. The maximum Gasteiger partial charge on any atom is 0.393 e. The van der Waals surface area contributed by atoms with Crippen LogP contribution in [-0.2, 0) is 4.79 Å². The number of carbonyl (C=O) groups is 2. The van der Waals surface area contributed by atoms with Crippen molar-refractivity contribution in [2.75, 3.05) is 19.6 Å². The summed E-state index contributed by atoms with van der Waals surface area (Å²) in [7, 11) is 0. The van der Waals surface area contributed by atoms with E-state index < -0.39 is 18.0 Å². The van der Waals surface area contributed by atoms with Crippen LogP contribution in [0.2, 0.25) is 0 Å². The van der Waals surface area contributed by atoms with Crippen LogP contribution in [0.3, 0.4) is 0 Å². The second kappa shape index (κ2) is 6.85. The molecule has 0 bridgehead atoms. The van der Waals surface area contributed by atoms with E-state index in [0.29, 0.717) is 13.0 Å². The van der Waals surface area contributed by atoms with Crippen molar-refractivity contribution in [2.24, 2.45) is 5.92 Å². The predicted molar refractivity (Wildman–Crippen MR) is 71.0 cm³/mol. The first kappa shape index (κ1) is 16.4. The third-order valence-corrected chi connectivity index (χ3v) is 3.61. The van der Waals surface area contributed by atoms with E-state index in [1.165, 1.54) is 17.2 Å². The van der Waals surface area contributed by atoms with Crippen molar-refractivity contribution in [3.63, 3.8) is 0 Å². The van der Waals surface area contributed by atoms with Gasteiger partial charge in [-0.3, -0.25) is 9.59 Å². The van der Waals surface area contributed by atoms with Crippen molar-refractivity contribution in [1.29, 1.82) is 0 Å². The predicted octanol–water partition coefficient (Wildman–Crippen LogP) is 2.20. The second-order valence-corrected chi connectivity index (χ2v) is 5.20. The van der Waals surface area contributed by atoms with Crippen molar-refractivity contribution in [3.8, 4) is 0 Å². The number of carbonyl (C=O) groups excluding carboxylic acids is 2. The van der Waals surface area contributed by atoms with Crippen LogP contribution in [0.4, 0.5) is 13.2 Å². The van der Waals surface area contributed by atoms with Gasteiger partial charge in [-0.15, -0.1) is 0 Å².